The van der Waals surface area contributed by atoms with Gasteiger partial charge in [0, 0.05) is 23.0 Å². The molecule has 4 heteroatoms. The molecule has 0 spiro atoms. The van der Waals surface area contributed by atoms with Crippen molar-refractivity contribution in [2.24, 2.45) is 0 Å². The molecule has 0 atom stereocenters. The monoisotopic (exact) mass is 350 g/mol. The Morgan fingerprint density at radius 1 is 1.14 bits per heavy atom. The predicted octanol–water partition coefficient (Wildman–Crippen LogP) is 3.34. The Bertz CT molecular complexity index is 478. The quantitative estimate of drug-likeness (QED) is 0.740. The van der Waals surface area contributed by atoms with Gasteiger partial charge in [-0.1, -0.05) is 28.1 Å². The van der Waals surface area contributed by atoms with Gasteiger partial charge >= 0.3 is 0 Å². The minimum Gasteiger partial charge on any atom is -0.353 e. The van der Waals surface area contributed by atoms with Crippen molar-refractivity contribution >= 4 is 21.8 Å². The Morgan fingerprint density at radius 3 is 2.52 bits per heavy atom. The lowest BCUT2D eigenvalue weighted by Gasteiger charge is -2.36. The molecule has 3 nitrogen and oxygen atoms in total. The summed E-state index contributed by atoms with van der Waals surface area (Å²) >= 11 is 3.47. The number of amides is 1. The third-order valence-corrected chi connectivity index (χ3v) is 4.96. The molecule has 2 fully saturated rings. The number of nitrogens with one attached hydrogen (secondary N) is 2. The van der Waals surface area contributed by atoms with E-state index in [4.69, 9.17) is 0 Å². The highest BCUT2D eigenvalue weighted by Crippen LogP contribution is 2.37. The fraction of sp³-hybridized carbons (Fsp3) is 0.588. The van der Waals surface area contributed by atoms with Gasteiger partial charge in [-0.15, -0.1) is 0 Å². The van der Waals surface area contributed by atoms with Crippen LogP contribution in [0.4, 0.5) is 0 Å². The van der Waals surface area contributed by atoms with Gasteiger partial charge in [-0.2, -0.15) is 0 Å². The molecule has 1 aromatic rings. The van der Waals surface area contributed by atoms with Crippen LogP contribution in [0.3, 0.4) is 0 Å². The molecule has 21 heavy (non-hydrogen) atoms. The molecule has 2 saturated carbocycles. The van der Waals surface area contributed by atoms with Crippen molar-refractivity contribution in [2.75, 3.05) is 6.54 Å². The molecule has 0 radical (unpaired) electrons. The molecule has 1 aromatic carbocycles. The van der Waals surface area contributed by atoms with Crippen LogP contribution in [0.2, 0.25) is 0 Å². The summed E-state index contributed by atoms with van der Waals surface area (Å²) in [5.74, 6) is 0.925. The number of carbonyl (C=O) groups is 1. The van der Waals surface area contributed by atoms with Crippen molar-refractivity contribution in [1.29, 1.82) is 0 Å². The summed E-state index contributed by atoms with van der Waals surface area (Å²) in [6, 6.07) is 9.79. The highest BCUT2D eigenvalue weighted by Gasteiger charge is 2.29. The second-order valence-electron chi connectivity index (χ2n) is 6.32. The number of hydrogen-bond donors (Lipinski definition) is 2. The lowest BCUT2D eigenvalue weighted by atomic mass is 9.76. The fourth-order valence-corrected chi connectivity index (χ4v) is 3.14. The number of carbonyl (C=O) groups excluding carboxylic acids is 1. The Labute approximate surface area is 135 Å². The lowest BCUT2D eigenvalue weighted by molar-refractivity contribution is -0.121. The summed E-state index contributed by atoms with van der Waals surface area (Å²) in [6.07, 6.45) is 6.38. The highest BCUT2D eigenvalue weighted by atomic mass is 79.9. The van der Waals surface area contributed by atoms with E-state index in [-0.39, 0.29) is 5.91 Å². The Kier molecular flexibility index (Phi) is 4.96. The van der Waals surface area contributed by atoms with Crippen molar-refractivity contribution in [3.05, 3.63) is 34.3 Å². The van der Waals surface area contributed by atoms with E-state index in [0.717, 1.165) is 17.4 Å². The summed E-state index contributed by atoms with van der Waals surface area (Å²) in [5.41, 5.74) is 1.44. The van der Waals surface area contributed by atoms with Crippen LogP contribution in [-0.2, 0) is 4.79 Å². The average Bonchev–Trinajstić information content (AvgIpc) is 3.22. The third-order valence-electron chi connectivity index (χ3n) is 4.44. The van der Waals surface area contributed by atoms with Crippen molar-refractivity contribution in [3.63, 3.8) is 0 Å². The van der Waals surface area contributed by atoms with Crippen molar-refractivity contribution in [3.8, 4) is 0 Å². The molecule has 0 heterocycles. The van der Waals surface area contributed by atoms with E-state index in [0.29, 0.717) is 24.4 Å². The van der Waals surface area contributed by atoms with Crippen LogP contribution in [0.25, 0.3) is 0 Å². The summed E-state index contributed by atoms with van der Waals surface area (Å²) in [7, 11) is 0. The van der Waals surface area contributed by atoms with Gasteiger partial charge in [-0.05, 0) is 62.3 Å². The van der Waals surface area contributed by atoms with Gasteiger partial charge in [0.25, 0.3) is 0 Å². The maximum atomic E-state index is 11.5. The molecule has 2 N–H and O–H groups in total. The van der Waals surface area contributed by atoms with Crippen LogP contribution in [0.1, 0.15) is 50.0 Å². The minimum absolute atomic E-state index is 0.223. The molecular formula is C17H23BrN2O. The molecule has 0 unspecified atom stereocenters. The van der Waals surface area contributed by atoms with E-state index in [9.17, 15) is 4.79 Å². The number of halogens is 1. The van der Waals surface area contributed by atoms with Crippen LogP contribution in [0.15, 0.2) is 28.7 Å². The Hall–Kier alpha value is -0.870. The summed E-state index contributed by atoms with van der Waals surface area (Å²) in [6.45, 7) is 0.954. The SMILES string of the molecule is O=C(CCCNC1CC(c2ccc(Br)cc2)C1)NC1CC1. The fourth-order valence-electron chi connectivity index (χ4n) is 2.87. The second-order valence-corrected chi connectivity index (χ2v) is 7.23. The van der Waals surface area contributed by atoms with Gasteiger partial charge in [-0.3, -0.25) is 4.79 Å². The first kappa shape index (κ1) is 15.0. The van der Waals surface area contributed by atoms with E-state index in [1.54, 1.807) is 0 Å². The Balaban J connectivity index is 1.26. The van der Waals surface area contributed by atoms with Crippen LogP contribution in [-0.4, -0.2) is 24.5 Å². The van der Waals surface area contributed by atoms with Crippen molar-refractivity contribution in [1.82, 2.24) is 10.6 Å². The van der Waals surface area contributed by atoms with Crippen LogP contribution in [0, 0.1) is 0 Å². The zero-order valence-electron chi connectivity index (χ0n) is 12.3. The van der Waals surface area contributed by atoms with Gasteiger partial charge < -0.3 is 10.6 Å². The highest BCUT2D eigenvalue weighted by molar-refractivity contribution is 9.10. The minimum atomic E-state index is 0.223. The predicted molar refractivity (Wildman–Crippen MR) is 88.3 cm³/mol. The van der Waals surface area contributed by atoms with Gasteiger partial charge in [0.2, 0.25) is 5.91 Å². The molecule has 0 aliphatic heterocycles. The number of rotatable bonds is 7. The van der Waals surface area contributed by atoms with Gasteiger partial charge in [0.1, 0.15) is 0 Å². The van der Waals surface area contributed by atoms with E-state index in [2.05, 4.69) is 50.8 Å². The average molecular weight is 351 g/mol. The molecule has 0 aromatic heterocycles. The van der Waals surface area contributed by atoms with Crippen LogP contribution < -0.4 is 10.6 Å². The van der Waals surface area contributed by atoms with Crippen LogP contribution >= 0.6 is 15.9 Å². The standard InChI is InChI=1S/C17H23BrN2O/c18-14-5-3-12(4-6-14)13-10-16(11-13)19-9-1-2-17(21)20-15-7-8-15/h3-6,13,15-16,19H,1-2,7-11H2,(H,20,21). The third kappa shape index (κ3) is 4.55. The molecular weight excluding hydrogens is 328 g/mol. The maximum Gasteiger partial charge on any atom is 0.220 e. The first-order valence-electron chi connectivity index (χ1n) is 7.99. The zero-order chi connectivity index (χ0) is 14.7. The molecule has 2 aliphatic rings. The van der Waals surface area contributed by atoms with Gasteiger partial charge in [0.15, 0.2) is 0 Å². The normalized spacial score (nSPS) is 24.4. The van der Waals surface area contributed by atoms with Gasteiger partial charge in [0.05, 0.1) is 0 Å². The topological polar surface area (TPSA) is 41.1 Å². The molecule has 0 saturated heterocycles. The van der Waals surface area contributed by atoms with Crippen molar-refractivity contribution in [2.45, 2.75) is 56.5 Å². The second kappa shape index (κ2) is 6.93. The maximum absolute atomic E-state index is 11.5. The smallest absolute Gasteiger partial charge is 0.220 e. The number of benzene rings is 1. The van der Waals surface area contributed by atoms with Crippen molar-refractivity contribution < 1.29 is 4.79 Å². The summed E-state index contributed by atoms with van der Waals surface area (Å²) in [4.78, 5) is 11.5. The molecule has 2 aliphatic carbocycles. The molecule has 114 valence electrons. The van der Waals surface area contributed by atoms with E-state index in [1.807, 2.05) is 0 Å². The lowest BCUT2D eigenvalue weighted by Crippen LogP contribution is -2.40. The summed E-state index contributed by atoms with van der Waals surface area (Å²) < 4.78 is 1.14. The zero-order valence-corrected chi connectivity index (χ0v) is 13.9. The Morgan fingerprint density at radius 2 is 1.86 bits per heavy atom. The molecule has 0 bridgehead atoms. The largest absolute Gasteiger partial charge is 0.353 e. The van der Waals surface area contributed by atoms with Gasteiger partial charge in [-0.25, -0.2) is 0 Å². The summed E-state index contributed by atoms with van der Waals surface area (Å²) in [5, 5.41) is 6.60. The first-order valence-corrected chi connectivity index (χ1v) is 8.78. The molecule has 1 amide bonds. The van der Waals surface area contributed by atoms with Crippen LogP contribution in [0.5, 0.6) is 0 Å². The van der Waals surface area contributed by atoms with E-state index in [1.165, 1.54) is 31.2 Å². The first-order chi connectivity index (χ1) is 10.2. The number of hydrogen-bond acceptors (Lipinski definition) is 2. The van der Waals surface area contributed by atoms with E-state index < -0.39 is 0 Å². The van der Waals surface area contributed by atoms with E-state index >= 15 is 0 Å². The molecule has 3 rings (SSSR count).